The first-order chi connectivity index (χ1) is 11.6. The molecule has 0 aliphatic carbocycles. The summed E-state index contributed by atoms with van der Waals surface area (Å²) < 4.78 is 0. The third-order valence-electron chi connectivity index (χ3n) is 4.54. The molecule has 0 unspecified atom stereocenters. The highest BCUT2D eigenvalue weighted by molar-refractivity contribution is 6.48. The van der Waals surface area contributed by atoms with E-state index < -0.39 is 0 Å². The van der Waals surface area contributed by atoms with Crippen molar-refractivity contribution in [2.24, 2.45) is 10.3 Å². The number of oxime groups is 2. The second kappa shape index (κ2) is 11.7. The number of hydrogen-bond donors (Lipinski definition) is 2. The van der Waals surface area contributed by atoms with Gasteiger partial charge in [-0.3, -0.25) is 0 Å². The van der Waals surface area contributed by atoms with Crippen LogP contribution in [0.25, 0.3) is 0 Å². The van der Waals surface area contributed by atoms with Crippen LogP contribution in [0, 0.1) is 13.8 Å². The highest BCUT2D eigenvalue weighted by Gasteiger charge is 2.14. The number of hydrogen-bond acceptors (Lipinski definition) is 4. The van der Waals surface area contributed by atoms with Gasteiger partial charge in [-0.25, -0.2) is 0 Å². The number of rotatable bonds is 11. The predicted octanol–water partition coefficient (Wildman–Crippen LogP) is 5.84. The minimum atomic E-state index is 0.364. The van der Waals surface area contributed by atoms with Gasteiger partial charge >= 0.3 is 0 Å². The van der Waals surface area contributed by atoms with E-state index in [9.17, 15) is 10.4 Å². The predicted molar refractivity (Wildman–Crippen MR) is 101 cm³/mol. The molecule has 0 saturated heterocycles. The SMILES string of the molecule is CCCCCCCCCCC(=NO)C(=NO)c1ccc(C)c(C)c1. The van der Waals surface area contributed by atoms with E-state index >= 15 is 0 Å². The average molecular weight is 332 g/mol. The summed E-state index contributed by atoms with van der Waals surface area (Å²) in [6, 6.07) is 5.85. The monoisotopic (exact) mass is 332 g/mol. The fourth-order valence-corrected chi connectivity index (χ4v) is 2.81. The number of unbranched alkanes of at least 4 members (excludes halogenated alkanes) is 7. The molecule has 1 aromatic carbocycles. The minimum Gasteiger partial charge on any atom is -0.411 e. The average Bonchev–Trinajstić information content (AvgIpc) is 2.59. The molecule has 4 heteroatoms. The zero-order chi connectivity index (χ0) is 17.8. The Morgan fingerprint density at radius 2 is 1.46 bits per heavy atom. The van der Waals surface area contributed by atoms with Gasteiger partial charge in [-0.2, -0.15) is 0 Å². The molecule has 0 spiro atoms. The molecule has 1 rings (SSSR count). The molecule has 0 aliphatic rings. The molecule has 0 saturated carbocycles. The van der Waals surface area contributed by atoms with Gasteiger partial charge in [0.25, 0.3) is 0 Å². The van der Waals surface area contributed by atoms with Crippen LogP contribution in [0.3, 0.4) is 0 Å². The quantitative estimate of drug-likeness (QED) is 0.231. The molecular weight excluding hydrogens is 300 g/mol. The topological polar surface area (TPSA) is 65.2 Å². The van der Waals surface area contributed by atoms with E-state index in [1.165, 1.54) is 44.1 Å². The third kappa shape index (κ3) is 6.73. The maximum Gasteiger partial charge on any atom is 0.134 e. The Balaban J connectivity index is 2.48. The smallest absolute Gasteiger partial charge is 0.134 e. The maximum atomic E-state index is 9.36. The molecular formula is C20H32N2O2. The van der Waals surface area contributed by atoms with Gasteiger partial charge < -0.3 is 10.4 Å². The van der Waals surface area contributed by atoms with Crippen molar-refractivity contribution in [3.8, 4) is 0 Å². The van der Waals surface area contributed by atoms with Crippen molar-refractivity contribution < 1.29 is 10.4 Å². The lowest BCUT2D eigenvalue weighted by Crippen LogP contribution is -2.16. The normalized spacial score (nSPS) is 12.6. The summed E-state index contributed by atoms with van der Waals surface area (Å²) in [5.41, 5.74) is 3.91. The largest absolute Gasteiger partial charge is 0.411 e. The van der Waals surface area contributed by atoms with Crippen molar-refractivity contribution in [2.45, 2.75) is 78.6 Å². The second-order valence-electron chi connectivity index (χ2n) is 6.52. The third-order valence-corrected chi connectivity index (χ3v) is 4.54. The summed E-state index contributed by atoms with van der Waals surface area (Å²) in [5.74, 6) is 0. The molecule has 0 bridgehead atoms. The molecule has 0 aliphatic heterocycles. The van der Waals surface area contributed by atoms with Crippen molar-refractivity contribution in [1.82, 2.24) is 0 Å². The first-order valence-corrected chi connectivity index (χ1v) is 9.15. The van der Waals surface area contributed by atoms with Crippen LogP contribution in [-0.4, -0.2) is 21.8 Å². The molecule has 4 nitrogen and oxygen atoms in total. The lowest BCUT2D eigenvalue weighted by atomic mass is 9.97. The summed E-state index contributed by atoms with van der Waals surface area (Å²) >= 11 is 0. The Morgan fingerprint density at radius 3 is 2.00 bits per heavy atom. The fraction of sp³-hybridized carbons (Fsp3) is 0.600. The van der Waals surface area contributed by atoms with Crippen LogP contribution in [0.1, 0.15) is 81.4 Å². The highest BCUT2D eigenvalue weighted by atomic mass is 16.4. The molecule has 134 valence electrons. The van der Waals surface area contributed by atoms with Gasteiger partial charge in [0.15, 0.2) is 0 Å². The standard InChI is InChI=1S/C20H32N2O2/c1-4-5-6-7-8-9-10-11-12-19(21-23)20(22-24)18-14-13-16(2)17(3)15-18/h13-15,23-24H,4-12H2,1-3H3. The van der Waals surface area contributed by atoms with E-state index in [-0.39, 0.29) is 0 Å². The summed E-state index contributed by atoms with van der Waals surface area (Å²) in [5, 5.41) is 25.4. The van der Waals surface area contributed by atoms with Crippen LogP contribution >= 0.6 is 0 Å². The first kappa shape index (κ1) is 20.2. The molecule has 2 N–H and O–H groups in total. The maximum absolute atomic E-state index is 9.36. The molecule has 0 atom stereocenters. The summed E-state index contributed by atoms with van der Waals surface area (Å²) in [7, 11) is 0. The molecule has 1 aromatic rings. The molecule has 0 heterocycles. The van der Waals surface area contributed by atoms with Gasteiger partial charge in [0.05, 0.1) is 0 Å². The lowest BCUT2D eigenvalue weighted by molar-refractivity contribution is 0.313. The highest BCUT2D eigenvalue weighted by Crippen LogP contribution is 2.15. The van der Waals surface area contributed by atoms with Crippen LogP contribution in [0.5, 0.6) is 0 Å². The molecule has 24 heavy (non-hydrogen) atoms. The molecule has 0 amide bonds. The van der Waals surface area contributed by atoms with E-state index in [0.717, 1.165) is 24.0 Å². The fourth-order valence-electron chi connectivity index (χ4n) is 2.81. The van der Waals surface area contributed by atoms with Crippen molar-refractivity contribution in [2.75, 3.05) is 0 Å². The number of nitrogens with zero attached hydrogens (tertiary/aromatic N) is 2. The number of aryl methyl sites for hydroxylation is 2. The van der Waals surface area contributed by atoms with Gasteiger partial charge in [0.1, 0.15) is 11.4 Å². The molecule has 0 radical (unpaired) electrons. The van der Waals surface area contributed by atoms with Crippen LogP contribution in [0.15, 0.2) is 28.5 Å². The minimum absolute atomic E-state index is 0.364. The lowest BCUT2D eigenvalue weighted by Gasteiger charge is -2.09. The van der Waals surface area contributed by atoms with Crippen molar-refractivity contribution in [3.05, 3.63) is 34.9 Å². The van der Waals surface area contributed by atoms with Gasteiger partial charge in [-0.1, -0.05) is 74.3 Å². The summed E-state index contributed by atoms with van der Waals surface area (Å²) in [6.07, 6.45) is 10.4. The van der Waals surface area contributed by atoms with Gasteiger partial charge in [0.2, 0.25) is 0 Å². The van der Waals surface area contributed by atoms with Crippen LogP contribution < -0.4 is 0 Å². The zero-order valence-electron chi connectivity index (χ0n) is 15.4. The van der Waals surface area contributed by atoms with Crippen LogP contribution in [-0.2, 0) is 0 Å². The first-order valence-electron chi connectivity index (χ1n) is 9.15. The van der Waals surface area contributed by atoms with Crippen LogP contribution in [0.4, 0.5) is 0 Å². The van der Waals surface area contributed by atoms with Gasteiger partial charge in [-0.15, -0.1) is 0 Å². The number of benzene rings is 1. The van der Waals surface area contributed by atoms with E-state index in [1.54, 1.807) is 0 Å². The summed E-state index contributed by atoms with van der Waals surface area (Å²) in [4.78, 5) is 0. The van der Waals surface area contributed by atoms with Gasteiger partial charge in [-0.05, 0) is 43.9 Å². The van der Waals surface area contributed by atoms with E-state index in [0.29, 0.717) is 17.8 Å². The summed E-state index contributed by atoms with van der Waals surface area (Å²) in [6.45, 7) is 6.28. The van der Waals surface area contributed by atoms with Crippen LogP contribution in [0.2, 0.25) is 0 Å². The zero-order valence-corrected chi connectivity index (χ0v) is 15.4. The second-order valence-corrected chi connectivity index (χ2v) is 6.52. The van der Waals surface area contributed by atoms with E-state index in [1.807, 2.05) is 32.0 Å². The Labute approximate surface area is 146 Å². The Morgan fingerprint density at radius 1 is 0.833 bits per heavy atom. The van der Waals surface area contributed by atoms with Crippen molar-refractivity contribution in [1.29, 1.82) is 0 Å². The molecule has 0 aromatic heterocycles. The van der Waals surface area contributed by atoms with E-state index in [4.69, 9.17) is 0 Å². The Bertz CT molecular complexity index is 551. The van der Waals surface area contributed by atoms with E-state index in [2.05, 4.69) is 17.2 Å². The van der Waals surface area contributed by atoms with Crippen molar-refractivity contribution in [3.63, 3.8) is 0 Å². The Kier molecular flexibility index (Phi) is 9.81. The Hall–Kier alpha value is -1.84. The van der Waals surface area contributed by atoms with Crippen molar-refractivity contribution >= 4 is 11.4 Å². The molecule has 0 fully saturated rings. The van der Waals surface area contributed by atoms with Gasteiger partial charge in [0, 0.05) is 5.56 Å².